The minimum absolute atomic E-state index is 0.185. The molecule has 2 N–H and O–H groups in total. The highest BCUT2D eigenvalue weighted by Crippen LogP contribution is 2.30. The lowest BCUT2D eigenvalue weighted by atomic mass is 10.1. The largest absolute Gasteiger partial charge is 0.493 e. The Labute approximate surface area is 260 Å². The number of carbonyl (C=O) groups excluding carboxylic acids is 4. The van der Waals surface area contributed by atoms with Crippen molar-refractivity contribution in [2.75, 3.05) is 19.5 Å². The van der Waals surface area contributed by atoms with Crippen LogP contribution >= 0.6 is 15.9 Å². The molecule has 0 aliphatic heterocycles. The predicted octanol–water partition coefficient (Wildman–Crippen LogP) is 5.63. The number of ether oxygens (including phenoxy) is 4. The van der Waals surface area contributed by atoms with E-state index in [-0.39, 0.29) is 28.4 Å². The molecule has 4 aromatic carbocycles. The van der Waals surface area contributed by atoms with Gasteiger partial charge < -0.3 is 24.3 Å². The van der Waals surface area contributed by atoms with Gasteiger partial charge in [-0.3, -0.25) is 14.4 Å². The van der Waals surface area contributed by atoms with Crippen LogP contribution in [0, 0.1) is 0 Å². The fraction of sp³-hybridized carbons (Fsp3) is 0.0938. The lowest BCUT2D eigenvalue weighted by Gasteiger charge is -2.11. The Hall–Kier alpha value is -5.49. The van der Waals surface area contributed by atoms with Crippen LogP contribution in [0.5, 0.6) is 23.0 Å². The van der Waals surface area contributed by atoms with Crippen molar-refractivity contribution < 1.29 is 38.1 Å². The van der Waals surface area contributed by atoms with Gasteiger partial charge in [0.1, 0.15) is 0 Å². The summed E-state index contributed by atoms with van der Waals surface area (Å²) < 4.78 is 21.9. The molecule has 0 saturated carbocycles. The molecule has 44 heavy (non-hydrogen) atoms. The minimum Gasteiger partial charge on any atom is -0.493 e. The number of benzene rings is 4. The molecule has 2 amide bonds. The van der Waals surface area contributed by atoms with Gasteiger partial charge in [-0.15, -0.1) is 0 Å². The van der Waals surface area contributed by atoms with Crippen LogP contribution < -0.4 is 29.7 Å². The lowest BCUT2D eigenvalue weighted by molar-refractivity contribution is -0.132. The number of nitrogens with one attached hydrogen (secondary N) is 2. The normalized spacial score (nSPS) is 10.5. The first-order chi connectivity index (χ1) is 21.2. The first-order valence-electron chi connectivity index (χ1n) is 12.9. The maximum Gasteiger partial charge on any atom is 0.343 e. The van der Waals surface area contributed by atoms with Crippen LogP contribution in [0.15, 0.2) is 94.5 Å². The van der Waals surface area contributed by atoms with Gasteiger partial charge in [-0.25, -0.2) is 10.2 Å². The van der Waals surface area contributed by atoms with E-state index in [0.717, 1.165) is 4.47 Å². The van der Waals surface area contributed by atoms with Crippen molar-refractivity contribution in [3.05, 3.63) is 112 Å². The second kappa shape index (κ2) is 14.6. The summed E-state index contributed by atoms with van der Waals surface area (Å²) in [6, 6.07) is 22.2. The van der Waals surface area contributed by atoms with E-state index >= 15 is 0 Å². The first kappa shape index (κ1) is 31.4. The van der Waals surface area contributed by atoms with Crippen LogP contribution in [-0.2, 0) is 4.79 Å². The van der Waals surface area contributed by atoms with Crippen LogP contribution in [0.2, 0.25) is 0 Å². The van der Waals surface area contributed by atoms with Gasteiger partial charge in [0.15, 0.2) is 23.0 Å². The van der Waals surface area contributed by atoms with Gasteiger partial charge in [0.05, 0.1) is 26.0 Å². The molecule has 0 aromatic heterocycles. The van der Waals surface area contributed by atoms with Crippen molar-refractivity contribution >= 4 is 51.6 Å². The van der Waals surface area contributed by atoms with E-state index in [1.165, 1.54) is 51.6 Å². The number of nitrogens with zero attached hydrogens (tertiary/aromatic N) is 1. The second-order valence-electron chi connectivity index (χ2n) is 9.00. The number of hydrazone groups is 1. The van der Waals surface area contributed by atoms with Gasteiger partial charge in [-0.05, 0) is 84.4 Å². The van der Waals surface area contributed by atoms with Crippen LogP contribution in [0.25, 0.3) is 0 Å². The Balaban J connectivity index is 1.38. The van der Waals surface area contributed by atoms with Crippen molar-refractivity contribution in [2.24, 2.45) is 5.10 Å². The van der Waals surface area contributed by atoms with Crippen molar-refractivity contribution in [1.82, 2.24) is 5.43 Å². The Morgan fingerprint density at radius 3 is 2.05 bits per heavy atom. The average molecular weight is 660 g/mol. The molecule has 0 unspecified atom stereocenters. The molecule has 0 fully saturated rings. The number of anilines is 1. The summed E-state index contributed by atoms with van der Waals surface area (Å²) in [5, 5.41) is 6.72. The van der Waals surface area contributed by atoms with Crippen LogP contribution in [0.3, 0.4) is 0 Å². The van der Waals surface area contributed by atoms with Gasteiger partial charge in [0.2, 0.25) is 0 Å². The standard InChI is InChI=1S/C32H26BrN3O8/c1-19(37)43-26-14-10-23(17-29(26)42-3)30(38)35-25-6-4-5-22(16-25)31(39)36-34-18-20-7-13-27(28(15-20)41-2)44-32(40)21-8-11-24(33)12-9-21/h4-18H,1-3H3,(H,35,38)(H,36,39). The summed E-state index contributed by atoms with van der Waals surface area (Å²) in [7, 11) is 2.83. The van der Waals surface area contributed by atoms with Gasteiger partial charge >= 0.3 is 11.9 Å². The van der Waals surface area contributed by atoms with E-state index in [1.54, 1.807) is 60.7 Å². The molecule has 11 nitrogen and oxygen atoms in total. The third kappa shape index (κ3) is 8.29. The highest BCUT2D eigenvalue weighted by Gasteiger charge is 2.15. The van der Waals surface area contributed by atoms with E-state index < -0.39 is 23.8 Å². The number of halogens is 1. The number of hydrogen-bond donors (Lipinski definition) is 2. The predicted molar refractivity (Wildman–Crippen MR) is 166 cm³/mol. The number of amides is 2. The van der Waals surface area contributed by atoms with E-state index in [0.29, 0.717) is 22.6 Å². The molecule has 0 aliphatic carbocycles. The number of carbonyl (C=O) groups is 4. The van der Waals surface area contributed by atoms with Crippen molar-refractivity contribution in [2.45, 2.75) is 6.92 Å². The van der Waals surface area contributed by atoms with E-state index in [2.05, 4.69) is 31.8 Å². The van der Waals surface area contributed by atoms with E-state index in [4.69, 9.17) is 18.9 Å². The molecular weight excluding hydrogens is 634 g/mol. The molecule has 0 radical (unpaired) electrons. The van der Waals surface area contributed by atoms with Crippen LogP contribution in [0.1, 0.15) is 43.6 Å². The molecule has 0 spiro atoms. The summed E-state index contributed by atoms with van der Waals surface area (Å²) in [6.07, 6.45) is 1.40. The zero-order valence-electron chi connectivity index (χ0n) is 23.8. The third-order valence-electron chi connectivity index (χ3n) is 5.91. The summed E-state index contributed by atoms with van der Waals surface area (Å²) in [5.41, 5.74) is 4.25. The van der Waals surface area contributed by atoms with Crippen LogP contribution in [-0.4, -0.2) is 44.2 Å². The fourth-order valence-electron chi connectivity index (χ4n) is 3.81. The third-order valence-corrected chi connectivity index (χ3v) is 6.44. The molecule has 0 saturated heterocycles. The zero-order chi connectivity index (χ0) is 31.6. The highest BCUT2D eigenvalue weighted by atomic mass is 79.9. The molecular formula is C32H26BrN3O8. The van der Waals surface area contributed by atoms with Gasteiger partial charge in [0.25, 0.3) is 11.8 Å². The number of methoxy groups -OCH3 is 2. The Kier molecular flexibility index (Phi) is 10.4. The minimum atomic E-state index is -0.542. The quantitative estimate of drug-likeness (QED) is 0.0966. The van der Waals surface area contributed by atoms with E-state index in [1.807, 2.05) is 0 Å². The van der Waals surface area contributed by atoms with Gasteiger partial charge in [-0.1, -0.05) is 22.0 Å². The Morgan fingerprint density at radius 1 is 0.705 bits per heavy atom. The van der Waals surface area contributed by atoms with Gasteiger partial charge in [-0.2, -0.15) is 5.10 Å². The maximum absolute atomic E-state index is 12.8. The second-order valence-corrected chi connectivity index (χ2v) is 9.92. The number of rotatable bonds is 10. The zero-order valence-corrected chi connectivity index (χ0v) is 25.3. The first-order valence-corrected chi connectivity index (χ1v) is 13.7. The molecule has 0 bridgehead atoms. The van der Waals surface area contributed by atoms with Gasteiger partial charge in [0, 0.05) is 28.2 Å². The maximum atomic E-state index is 12.8. The topological polar surface area (TPSA) is 142 Å². The summed E-state index contributed by atoms with van der Waals surface area (Å²) >= 11 is 3.33. The molecule has 12 heteroatoms. The molecule has 4 rings (SSSR count). The van der Waals surface area contributed by atoms with Crippen molar-refractivity contribution in [3.8, 4) is 23.0 Å². The fourth-order valence-corrected chi connectivity index (χ4v) is 4.08. The molecule has 224 valence electrons. The smallest absolute Gasteiger partial charge is 0.343 e. The van der Waals surface area contributed by atoms with E-state index in [9.17, 15) is 19.2 Å². The lowest BCUT2D eigenvalue weighted by Crippen LogP contribution is -2.18. The number of hydrogen-bond acceptors (Lipinski definition) is 9. The summed E-state index contributed by atoms with van der Waals surface area (Å²) in [4.78, 5) is 49.3. The molecule has 4 aromatic rings. The molecule has 0 atom stereocenters. The average Bonchev–Trinajstić information content (AvgIpc) is 3.01. The highest BCUT2D eigenvalue weighted by molar-refractivity contribution is 9.10. The Morgan fingerprint density at radius 2 is 1.34 bits per heavy atom. The Bertz CT molecular complexity index is 1740. The summed E-state index contributed by atoms with van der Waals surface area (Å²) in [6.45, 7) is 1.26. The number of esters is 2. The van der Waals surface area contributed by atoms with Crippen molar-refractivity contribution in [3.63, 3.8) is 0 Å². The SMILES string of the molecule is COc1cc(C(=O)Nc2cccc(C(=O)NN=Cc3ccc(OC(=O)c4ccc(Br)cc4)c(OC)c3)c2)ccc1OC(C)=O. The monoisotopic (exact) mass is 659 g/mol. The van der Waals surface area contributed by atoms with Crippen molar-refractivity contribution in [1.29, 1.82) is 0 Å². The molecule has 0 aliphatic rings. The van der Waals surface area contributed by atoms with Crippen LogP contribution in [0.4, 0.5) is 5.69 Å². The summed E-state index contributed by atoms with van der Waals surface area (Å²) in [5.74, 6) is -1.12. The molecule has 0 heterocycles.